The molecule has 0 aliphatic carbocycles. The Morgan fingerprint density at radius 3 is 2.35 bits per heavy atom. The maximum absolute atomic E-state index is 11.9. The van der Waals surface area contributed by atoms with E-state index < -0.39 is 18.0 Å². The minimum Gasteiger partial charge on any atom is -0.480 e. The smallest absolute Gasteiger partial charge is 0.326 e. The van der Waals surface area contributed by atoms with Crippen LogP contribution in [0, 0.1) is 0 Å². The molecule has 0 bridgehead atoms. The van der Waals surface area contributed by atoms with E-state index in [1.54, 1.807) is 6.92 Å². The number of hydrogen-bond acceptors (Lipinski definition) is 2. The van der Waals surface area contributed by atoms with Crippen LogP contribution in [0.5, 0.6) is 0 Å². The fourth-order valence-electron chi connectivity index (χ4n) is 1.90. The molecule has 1 atom stereocenters. The number of carbonyl (C=O) groups excluding carboxylic acids is 1. The monoisotopic (exact) mass is 278 g/mol. The highest BCUT2D eigenvalue weighted by atomic mass is 16.4. The number of carboxylic acids is 1. The number of para-hydroxylation sites is 1. The van der Waals surface area contributed by atoms with Gasteiger partial charge in [-0.1, -0.05) is 45.9 Å². The molecule has 0 aliphatic heterocycles. The maximum atomic E-state index is 11.9. The summed E-state index contributed by atoms with van der Waals surface area (Å²) in [6.45, 7) is 7.87. The molecule has 1 aromatic carbocycles. The van der Waals surface area contributed by atoms with Crippen molar-refractivity contribution in [1.29, 1.82) is 0 Å². The standard InChI is InChI=1S/C15H22N2O3/c1-5-11(13(18)19)16-14(20)17-12-9-7-6-8-10(12)15(2,3)4/h6-9,11H,5H2,1-4H3,(H,18,19)(H2,16,17,20). The van der Waals surface area contributed by atoms with E-state index in [9.17, 15) is 9.59 Å². The summed E-state index contributed by atoms with van der Waals surface area (Å²) in [6.07, 6.45) is 0.337. The maximum Gasteiger partial charge on any atom is 0.326 e. The van der Waals surface area contributed by atoms with Crippen molar-refractivity contribution in [2.45, 2.75) is 45.6 Å². The zero-order chi connectivity index (χ0) is 15.3. The van der Waals surface area contributed by atoms with Crippen LogP contribution in [-0.4, -0.2) is 23.1 Å². The fraction of sp³-hybridized carbons (Fsp3) is 0.467. The molecule has 0 radical (unpaired) electrons. The molecular weight excluding hydrogens is 256 g/mol. The Bertz CT molecular complexity index is 492. The van der Waals surface area contributed by atoms with Crippen LogP contribution < -0.4 is 10.6 Å². The number of hydrogen-bond donors (Lipinski definition) is 3. The Labute approximate surface area is 119 Å². The Morgan fingerprint density at radius 1 is 1.25 bits per heavy atom. The number of rotatable bonds is 4. The van der Waals surface area contributed by atoms with Crippen LogP contribution in [-0.2, 0) is 10.2 Å². The van der Waals surface area contributed by atoms with Crippen molar-refractivity contribution in [2.24, 2.45) is 0 Å². The van der Waals surface area contributed by atoms with Gasteiger partial charge in [0.2, 0.25) is 0 Å². The first kappa shape index (κ1) is 16.0. The molecule has 1 unspecified atom stereocenters. The molecule has 1 rings (SSSR count). The molecule has 5 nitrogen and oxygen atoms in total. The first-order valence-electron chi connectivity index (χ1n) is 6.65. The third-order valence-corrected chi connectivity index (χ3v) is 2.99. The van der Waals surface area contributed by atoms with Gasteiger partial charge in [-0.25, -0.2) is 9.59 Å². The minimum atomic E-state index is -1.04. The number of nitrogens with one attached hydrogen (secondary N) is 2. The average molecular weight is 278 g/mol. The predicted molar refractivity (Wildman–Crippen MR) is 79.0 cm³/mol. The summed E-state index contributed by atoms with van der Waals surface area (Å²) < 4.78 is 0. The lowest BCUT2D eigenvalue weighted by atomic mass is 9.86. The van der Waals surface area contributed by atoms with Gasteiger partial charge < -0.3 is 15.7 Å². The normalized spacial score (nSPS) is 12.6. The van der Waals surface area contributed by atoms with Gasteiger partial charge in [0.25, 0.3) is 0 Å². The van der Waals surface area contributed by atoms with Crippen molar-refractivity contribution in [3.05, 3.63) is 29.8 Å². The number of amides is 2. The number of carbonyl (C=O) groups is 2. The van der Waals surface area contributed by atoms with Gasteiger partial charge in [-0.3, -0.25) is 0 Å². The van der Waals surface area contributed by atoms with Crippen LogP contribution in [0.15, 0.2) is 24.3 Å². The molecule has 5 heteroatoms. The van der Waals surface area contributed by atoms with Gasteiger partial charge in [-0.05, 0) is 23.5 Å². The lowest BCUT2D eigenvalue weighted by molar-refractivity contribution is -0.139. The summed E-state index contributed by atoms with van der Waals surface area (Å²) in [4.78, 5) is 22.8. The second kappa shape index (κ2) is 6.41. The van der Waals surface area contributed by atoms with Gasteiger partial charge in [-0.2, -0.15) is 0 Å². The zero-order valence-electron chi connectivity index (χ0n) is 12.4. The van der Waals surface area contributed by atoms with E-state index in [0.717, 1.165) is 5.56 Å². The quantitative estimate of drug-likeness (QED) is 0.792. The van der Waals surface area contributed by atoms with Crippen molar-refractivity contribution < 1.29 is 14.7 Å². The van der Waals surface area contributed by atoms with Crippen LogP contribution in [0.3, 0.4) is 0 Å². The van der Waals surface area contributed by atoms with Gasteiger partial charge in [0.05, 0.1) is 0 Å². The lowest BCUT2D eigenvalue weighted by Gasteiger charge is -2.23. The second-order valence-electron chi connectivity index (χ2n) is 5.69. The predicted octanol–water partition coefficient (Wildman–Crippen LogP) is 2.97. The number of anilines is 1. The third kappa shape index (κ3) is 4.26. The molecule has 110 valence electrons. The van der Waals surface area contributed by atoms with Crippen LogP contribution in [0.1, 0.15) is 39.7 Å². The molecule has 2 amide bonds. The van der Waals surface area contributed by atoms with Gasteiger partial charge in [0.1, 0.15) is 6.04 Å². The molecule has 3 N–H and O–H groups in total. The molecule has 0 aromatic heterocycles. The largest absolute Gasteiger partial charge is 0.480 e. The molecule has 0 saturated carbocycles. The summed E-state index contributed by atoms with van der Waals surface area (Å²) in [7, 11) is 0. The van der Waals surface area contributed by atoms with Gasteiger partial charge in [0, 0.05) is 5.69 Å². The van der Waals surface area contributed by atoms with E-state index in [1.165, 1.54) is 0 Å². The first-order valence-corrected chi connectivity index (χ1v) is 6.65. The topological polar surface area (TPSA) is 78.4 Å². The Kier molecular flexibility index (Phi) is 5.13. The molecule has 1 aromatic rings. The molecule has 0 aliphatic rings. The van der Waals surface area contributed by atoms with E-state index in [2.05, 4.69) is 31.4 Å². The van der Waals surface area contributed by atoms with E-state index in [4.69, 9.17) is 5.11 Å². The Morgan fingerprint density at radius 2 is 1.85 bits per heavy atom. The van der Waals surface area contributed by atoms with Gasteiger partial charge >= 0.3 is 12.0 Å². The highest BCUT2D eigenvalue weighted by molar-refractivity contribution is 5.93. The molecule has 0 fully saturated rings. The number of carboxylic acid groups (broad SMARTS) is 1. The highest BCUT2D eigenvalue weighted by Gasteiger charge is 2.21. The van der Waals surface area contributed by atoms with Crippen molar-refractivity contribution in [3.63, 3.8) is 0 Å². The summed E-state index contributed by atoms with van der Waals surface area (Å²) in [5, 5.41) is 14.1. The lowest BCUT2D eigenvalue weighted by Crippen LogP contribution is -2.42. The molecule has 20 heavy (non-hydrogen) atoms. The van der Waals surface area contributed by atoms with E-state index in [0.29, 0.717) is 12.1 Å². The molecular formula is C15H22N2O3. The Hall–Kier alpha value is -2.04. The first-order chi connectivity index (χ1) is 9.25. The van der Waals surface area contributed by atoms with Crippen molar-refractivity contribution in [3.8, 4) is 0 Å². The van der Waals surface area contributed by atoms with Crippen LogP contribution in [0.25, 0.3) is 0 Å². The molecule has 0 spiro atoms. The SMILES string of the molecule is CCC(NC(=O)Nc1ccccc1C(C)(C)C)C(=O)O. The fourth-order valence-corrected chi connectivity index (χ4v) is 1.90. The summed E-state index contributed by atoms with van der Waals surface area (Å²) in [5.74, 6) is -1.04. The van der Waals surface area contributed by atoms with Crippen LogP contribution in [0.2, 0.25) is 0 Å². The number of aliphatic carboxylic acids is 1. The van der Waals surface area contributed by atoms with Crippen LogP contribution in [0.4, 0.5) is 10.5 Å². The minimum absolute atomic E-state index is 0.110. The number of urea groups is 1. The van der Waals surface area contributed by atoms with E-state index >= 15 is 0 Å². The van der Waals surface area contributed by atoms with Gasteiger partial charge in [-0.15, -0.1) is 0 Å². The third-order valence-electron chi connectivity index (χ3n) is 2.99. The van der Waals surface area contributed by atoms with E-state index in [1.807, 2.05) is 24.3 Å². The van der Waals surface area contributed by atoms with Crippen molar-refractivity contribution >= 4 is 17.7 Å². The highest BCUT2D eigenvalue weighted by Crippen LogP contribution is 2.29. The average Bonchev–Trinajstić information content (AvgIpc) is 2.35. The van der Waals surface area contributed by atoms with Crippen molar-refractivity contribution in [1.82, 2.24) is 5.32 Å². The summed E-state index contributed by atoms with van der Waals surface area (Å²) in [6, 6.07) is 6.12. The summed E-state index contributed by atoms with van der Waals surface area (Å²) >= 11 is 0. The summed E-state index contributed by atoms with van der Waals surface area (Å²) in [5.41, 5.74) is 1.58. The van der Waals surface area contributed by atoms with E-state index in [-0.39, 0.29) is 5.41 Å². The van der Waals surface area contributed by atoms with Crippen molar-refractivity contribution in [2.75, 3.05) is 5.32 Å². The Balaban J connectivity index is 2.84. The second-order valence-corrected chi connectivity index (χ2v) is 5.69. The molecule has 0 heterocycles. The van der Waals surface area contributed by atoms with Gasteiger partial charge in [0.15, 0.2) is 0 Å². The zero-order valence-corrected chi connectivity index (χ0v) is 12.4. The number of benzene rings is 1. The molecule has 0 saturated heterocycles. The van der Waals surface area contributed by atoms with Crippen LogP contribution >= 0.6 is 0 Å².